The molecule has 0 radical (unpaired) electrons. The van der Waals surface area contributed by atoms with Crippen molar-refractivity contribution < 1.29 is 38.7 Å². The van der Waals surface area contributed by atoms with E-state index in [1.54, 1.807) is 32.9 Å². The Balaban J connectivity index is 1.70. The van der Waals surface area contributed by atoms with Gasteiger partial charge in [0.1, 0.15) is 5.69 Å². The summed E-state index contributed by atoms with van der Waals surface area (Å²) < 4.78 is 28.9. The molecule has 2 aromatic rings. The number of sulfonamides is 1. The highest BCUT2D eigenvalue weighted by Crippen LogP contribution is 2.20. The van der Waals surface area contributed by atoms with Crippen molar-refractivity contribution in [1.82, 2.24) is 30.5 Å². The molecule has 1 saturated heterocycles. The highest BCUT2D eigenvalue weighted by Gasteiger charge is 2.46. The average molecular weight is 570 g/mol. The number of hydrogen-bond donors (Lipinski definition) is 8. The van der Waals surface area contributed by atoms with E-state index < -0.39 is 64.4 Å². The van der Waals surface area contributed by atoms with Gasteiger partial charge in [-0.25, -0.2) is 23.2 Å². The number of hydrazone groups is 1. The average Bonchev–Trinajstić information content (AvgIpc) is 3.45. The molecular formula is C23H35N7O8S. The Morgan fingerprint density at radius 1 is 1.23 bits per heavy atom. The summed E-state index contributed by atoms with van der Waals surface area (Å²) >= 11 is 0. The van der Waals surface area contributed by atoms with E-state index >= 15 is 0 Å². The van der Waals surface area contributed by atoms with Crippen molar-refractivity contribution in [3.05, 3.63) is 41.7 Å². The van der Waals surface area contributed by atoms with E-state index in [-0.39, 0.29) is 23.7 Å². The monoisotopic (exact) mass is 569 g/mol. The standard InChI is InChI=1S/C23H35N7O8S/c1-13(2)21(34)23(36,12-26-39(37,38)16-6-4-14(3)5-7-16)22(35)28-24-8-15-9-25-29-30(15)10-17-19(32)20(33)18(11-31)27-17/h4-9,13,17-21,26-27,31-34,36H,10-12H2,1-3H3,(H,28,35)/b24-8+/t17-,18-,19-,20-,21?,23?/m1/s1. The number of nitrogens with one attached hydrogen (secondary N) is 3. The molecule has 2 unspecified atom stereocenters. The van der Waals surface area contributed by atoms with Gasteiger partial charge in [-0.05, 0) is 25.0 Å². The molecule has 0 saturated carbocycles. The van der Waals surface area contributed by atoms with Crippen molar-refractivity contribution in [1.29, 1.82) is 0 Å². The molecule has 1 aliphatic rings. The zero-order valence-electron chi connectivity index (χ0n) is 21.7. The largest absolute Gasteiger partial charge is 0.395 e. The van der Waals surface area contributed by atoms with Crippen LogP contribution in [0.25, 0.3) is 0 Å². The molecule has 39 heavy (non-hydrogen) atoms. The number of amides is 1. The van der Waals surface area contributed by atoms with E-state index in [9.17, 15) is 38.7 Å². The molecule has 2 heterocycles. The minimum Gasteiger partial charge on any atom is -0.395 e. The van der Waals surface area contributed by atoms with Crippen LogP contribution in [0, 0.1) is 12.8 Å². The summed E-state index contributed by atoms with van der Waals surface area (Å²) in [7, 11) is -4.11. The number of aryl methyl sites for hydroxylation is 1. The minimum absolute atomic E-state index is 0.0425. The number of hydrogen-bond acceptors (Lipinski definition) is 12. The van der Waals surface area contributed by atoms with Crippen LogP contribution in [0.3, 0.4) is 0 Å². The number of aliphatic hydroxyl groups is 5. The topological polar surface area (TPSA) is 232 Å². The maximum absolute atomic E-state index is 12.9. The van der Waals surface area contributed by atoms with Gasteiger partial charge in [0, 0.05) is 0 Å². The predicted octanol–water partition coefficient (Wildman–Crippen LogP) is -3.18. The molecule has 1 fully saturated rings. The van der Waals surface area contributed by atoms with Crippen LogP contribution in [0.2, 0.25) is 0 Å². The first-order chi connectivity index (χ1) is 18.3. The summed E-state index contributed by atoms with van der Waals surface area (Å²) in [6, 6.07) is 4.58. The van der Waals surface area contributed by atoms with E-state index in [4.69, 9.17) is 0 Å². The van der Waals surface area contributed by atoms with Crippen LogP contribution in [-0.4, -0.2) is 110 Å². The second-order valence-electron chi connectivity index (χ2n) is 9.83. The van der Waals surface area contributed by atoms with Gasteiger partial charge in [0.2, 0.25) is 10.0 Å². The molecule has 0 spiro atoms. The molecule has 0 aliphatic carbocycles. The van der Waals surface area contributed by atoms with Crippen LogP contribution >= 0.6 is 0 Å². The van der Waals surface area contributed by atoms with Crippen molar-refractivity contribution in [3.8, 4) is 0 Å². The van der Waals surface area contributed by atoms with Gasteiger partial charge >= 0.3 is 0 Å². The Kier molecular flexibility index (Phi) is 9.89. The van der Waals surface area contributed by atoms with E-state index in [0.717, 1.165) is 11.8 Å². The van der Waals surface area contributed by atoms with Gasteiger partial charge in [0.25, 0.3) is 5.91 Å². The van der Waals surface area contributed by atoms with Crippen LogP contribution in [0.1, 0.15) is 25.1 Å². The Morgan fingerprint density at radius 3 is 2.46 bits per heavy atom. The number of rotatable bonds is 12. The summed E-state index contributed by atoms with van der Waals surface area (Å²) in [5.41, 5.74) is 0.660. The molecule has 16 heteroatoms. The molecule has 1 aromatic heterocycles. The van der Waals surface area contributed by atoms with Crippen molar-refractivity contribution in [2.45, 2.75) is 68.2 Å². The second kappa shape index (κ2) is 12.6. The van der Waals surface area contributed by atoms with E-state index in [1.807, 2.05) is 0 Å². The summed E-state index contributed by atoms with van der Waals surface area (Å²) in [4.78, 5) is 12.9. The third kappa shape index (κ3) is 7.03. The lowest BCUT2D eigenvalue weighted by atomic mass is 9.88. The lowest BCUT2D eigenvalue weighted by molar-refractivity contribution is -0.155. The van der Waals surface area contributed by atoms with E-state index in [0.29, 0.717) is 0 Å². The Bertz CT molecular complexity index is 1250. The third-order valence-corrected chi connectivity index (χ3v) is 7.97. The molecule has 216 valence electrons. The Morgan fingerprint density at radius 2 is 1.87 bits per heavy atom. The van der Waals surface area contributed by atoms with Gasteiger partial charge in [-0.15, -0.1) is 5.10 Å². The first-order valence-corrected chi connectivity index (χ1v) is 13.7. The predicted molar refractivity (Wildman–Crippen MR) is 138 cm³/mol. The number of aliphatic hydroxyl groups excluding tert-OH is 4. The van der Waals surface area contributed by atoms with Gasteiger partial charge in [0.05, 0.1) is 67.4 Å². The summed E-state index contributed by atoms with van der Waals surface area (Å²) in [5, 5.41) is 65.5. The van der Waals surface area contributed by atoms with Crippen molar-refractivity contribution in [3.63, 3.8) is 0 Å². The summed E-state index contributed by atoms with van der Waals surface area (Å²) in [6.45, 7) is 3.73. The number of carbonyl (C=O) groups excluding carboxylic acids is 1. The van der Waals surface area contributed by atoms with Crippen LogP contribution < -0.4 is 15.5 Å². The molecule has 1 amide bonds. The number of aromatic nitrogens is 3. The molecule has 1 aliphatic heterocycles. The van der Waals surface area contributed by atoms with Gasteiger partial charge in [-0.2, -0.15) is 5.10 Å². The maximum Gasteiger partial charge on any atom is 0.276 e. The molecule has 3 rings (SSSR count). The molecule has 15 nitrogen and oxygen atoms in total. The number of benzene rings is 1. The highest BCUT2D eigenvalue weighted by atomic mass is 32.2. The lowest BCUT2D eigenvalue weighted by Gasteiger charge is -2.33. The number of carbonyl (C=O) groups is 1. The van der Waals surface area contributed by atoms with Gasteiger partial charge < -0.3 is 30.8 Å². The Labute approximate surface area is 225 Å². The lowest BCUT2D eigenvalue weighted by Crippen LogP contribution is -2.61. The molecule has 1 aromatic carbocycles. The van der Waals surface area contributed by atoms with Crippen LogP contribution in [0.5, 0.6) is 0 Å². The fraction of sp³-hybridized carbons (Fsp3) is 0.565. The fourth-order valence-electron chi connectivity index (χ4n) is 4.09. The zero-order valence-corrected chi connectivity index (χ0v) is 22.5. The summed E-state index contributed by atoms with van der Waals surface area (Å²) in [6.07, 6.45) is -1.54. The molecule has 6 atom stereocenters. The highest BCUT2D eigenvalue weighted by molar-refractivity contribution is 7.89. The van der Waals surface area contributed by atoms with E-state index in [2.05, 4.69) is 30.9 Å². The molecular weight excluding hydrogens is 534 g/mol. The van der Waals surface area contributed by atoms with Crippen LogP contribution in [-0.2, 0) is 21.4 Å². The summed E-state index contributed by atoms with van der Waals surface area (Å²) in [5.74, 6) is -1.78. The first kappa shape index (κ1) is 30.7. The normalized spacial score (nSPS) is 24.2. The van der Waals surface area contributed by atoms with Crippen LogP contribution in [0.4, 0.5) is 0 Å². The van der Waals surface area contributed by atoms with Gasteiger partial charge in [-0.1, -0.05) is 36.8 Å². The molecule has 0 bridgehead atoms. The van der Waals surface area contributed by atoms with Crippen molar-refractivity contribution in [2.75, 3.05) is 13.2 Å². The Hall–Kier alpha value is -2.83. The van der Waals surface area contributed by atoms with Crippen LogP contribution in [0.15, 0.2) is 40.5 Å². The molecule has 8 N–H and O–H groups in total. The minimum atomic E-state index is -4.11. The van der Waals surface area contributed by atoms with Gasteiger partial charge in [-0.3, -0.25) is 4.79 Å². The van der Waals surface area contributed by atoms with Gasteiger partial charge in [0.15, 0.2) is 5.60 Å². The first-order valence-electron chi connectivity index (χ1n) is 12.2. The maximum atomic E-state index is 12.9. The second-order valence-corrected chi connectivity index (χ2v) is 11.6. The van der Waals surface area contributed by atoms with Crippen molar-refractivity contribution >= 4 is 22.1 Å². The SMILES string of the molecule is Cc1ccc(S(=O)(=O)NCC(O)(C(=O)N/N=C/c2cnnn2C[C@H]2N[C@H](CO)[C@@H](O)[C@@H]2O)C(O)C(C)C)cc1. The quantitative estimate of drug-likeness (QED) is 0.0937. The number of nitrogens with zero attached hydrogens (tertiary/aromatic N) is 4. The van der Waals surface area contributed by atoms with E-state index in [1.165, 1.54) is 23.0 Å². The third-order valence-electron chi connectivity index (χ3n) is 6.56. The smallest absolute Gasteiger partial charge is 0.276 e. The van der Waals surface area contributed by atoms with Crippen molar-refractivity contribution in [2.24, 2.45) is 11.0 Å². The zero-order chi connectivity index (χ0) is 29.0. The fourth-order valence-corrected chi connectivity index (χ4v) is 5.16.